The molecule has 0 atom stereocenters. The number of methoxy groups -OCH3 is 1. The minimum absolute atomic E-state index is 0.164. The SMILES string of the molecule is COc1ccc2c(c1)Oc1ccccc1N=C2N1CCN(C(=O)Cc2ccccc2)CC1. The Morgan fingerprint density at radius 2 is 1.69 bits per heavy atom. The topological polar surface area (TPSA) is 54.4 Å². The zero-order valence-corrected chi connectivity index (χ0v) is 18.0. The second-order valence-electron chi connectivity index (χ2n) is 7.90. The van der Waals surface area contributed by atoms with Gasteiger partial charge in [-0.15, -0.1) is 0 Å². The highest BCUT2D eigenvalue weighted by Crippen LogP contribution is 2.39. The molecule has 6 nitrogen and oxygen atoms in total. The molecule has 1 amide bonds. The first-order valence-electron chi connectivity index (χ1n) is 10.8. The van der Waals surface area contributed by atoms with Gasteiger partial charge in [0.25, 0.3) is 0 Å². The summed E-state index contributed by atoms with van der Waals surface area (Å²) < 4.78 is 11.6. The van der Waals surface area contributed by atoms with Crippen LogP contribution >= 0.6 is 0 Å². The van der Waals surface area contributed by atoms with Gasteiger partial charge in [-0.05, 0) is 29.8 Å². The number of hydrogen-bond acceptors (Lipinski definition) is 5. The summed E-state index contributed by atoms with van der Waals surface area (Å²) in [4.78, 5) is 21.9. The van der Waals surface area contributed by atoms with Crippen molar-refractivity contribution in [3.05, 3.63) is 83.9 Å². The Morgan fingerprint density at radius 3 is 2.47 bits per heavy atom. The van der Waals surface area contributed by atoms with E-state index in [0.29, 0.717) is 38.3 Å². The molecule has 0 aromatic heterocycles. The lowest BCUT2D eigenvalue weighted by molar-refractivity contribution is -0.131. The Balaban J connectivity index is 1.37. The molecule has 2 aliphatic rings. The lowest BCUT2D eigenvalue weighted by atomic mass is 10.1. The number of ether oxygens (including phenoxy) is 2. The Kier molecular flexibility index (Phi) is 5.50. The van der Waals surface area contributed by atoms with Crippen LogP contribution in [0.4, 0.5) is 5.69 Å². The normalized spacial score (nSPS) is 15.1. The van der Waals surface area contributed by atoms with E-state index in [1.807, 2.05) is 77.7 Å². The first-order chi connectivity index (χ1) is 15.7. The number of aliphatic imine (C=N–C) groups is 1. The van der Waals surface area contributed by atoms with Crippen molar-refractivity contribution < 1.29 is 14.3 Å². The fourth-order valence-corrected chi connectivity index (χ4v) is 4.12. The minimum atomic E-state index is 0.164. The second kappa shape index (κ2) is 8.75. The van der Waals surface area contributed by atoms with Crippen LogP contribution in [0.25, 0.3) is 0 Å². The number of benzene rings is 3. The number of fused-ring (bicyclic) bond motifs is 2. The van der Waals surface area contributed by atoms with Crippen molar-refractivity contribution in [2.75, 3.05) is 33.3 Å². The molecule has 0 radical (unpaired) electrons. The molecule has 0 N–H and O–H groups in total. The average molecular weight is 428 g/mol. The summed E-state index contributed by atoms with van der Waals surface area (Å²) in [5.74, 6) is 3.20. The van der Waals surface area contributed by atoms with Crippen LogP contribution in [0, 0.1) is 0 Å². The zero-order valence-electron chi connectivity index (χ0n) is 18.0. The standard InChI is InChI=1S/C26H25N3O3/c1-31-20-11-12-21-24(18-20)32-23-10-6-5-9-22(23)27-26(21)29-15-13-28(14-16-29)25(30)17-19-7-3-2-4-8-19/h2-12,18H,13-17H2,1H3. The fourth-order valence-electron chi connectivity index (χ4n) is 4.12. The van der Waals surface area contributed by atoms with E-state index in [0.717, 1.165) is 34.1 Å². The average Bonchev–Trinajstić information content (AvgIpc) is 3.01. The number of hydrogen-bond donors (Lipinski definition) is 0. The van der Waals surface area contributed by atoms with Crippen LogP contribution in [-0.4, -0.2) is 54.8 Å². The molecule has 5 rings (SSSR count). The third-order valence-corrected chi connectivity index (χ3v) is 5.87. The van der Waals surface area contributed by atoms with Gasteiger partial charge in [0.05, 0.1) is 19.1 Å². The Labute approximate surface area is 187 Å². The molecule has 0 bridgehead atoms. The van der Waals surface area contributed by atoms with E-state index in [1.165, 1.54) is 0 Å². The number of nitrogens with zero attached hydrogens (tertiary/aromatic N) is 3. The van der Waals surface area contributed by atoms with Gasteiger partial charge in [0, 0.05) is 32.2 Å². The van der Waals surface area contributed by atoms with Crippen molar-refractivity contribution in [1.29, 1.82) is 0 Å². The summed E-state index contributed by atoms with van der Waals surface area (Å²) in [6, 6.07) is 23.5. The molecule has 0 unspecified atom stereocenters. The summed E-state index contributed by atoms with van der Waals surface area (Å²) in [6.45, 7) is 2.76. The maximum absolute atomic E-state index is 12.8. The van der Waals surface area contributed by atoms with Crippen molar-refractivity contribution in [3.63, 3.8) is 0 Å². The summed E-state index contributed by atoms with van der Waals surface area (Å²) in [5, 5.41) is 0. The van der Waals surface area contributed by atoms with Crippen molar-refractivity contribution in [3.8, 4) is 17.2 Å². The predicted octanol–water partition coefficient (Wildman–Crippen LogP) is 4.27. The van der Waals surface area contributed by atoms with E-state index in [-0.39, 0.29) is 5.91 Å². The molecule has 1 saturated heterocycles. The fraction of sp³-hybridized carbons (Fsp3) is 0.231. The molecule has 2 aliphatic heterocycles. The van der Waals surface area contributed by atoms with Gasteiger partial charge in [-0.3, -0.25) is 4.79 Å². The molecule has 32 heavy (non-hydrogen) atoms. The molecular formula is C26H25N3O3. The maximum Gasteiger partial charge on any atom is 0.227 e. The lowest BCUT2D eigenvalue weighted by Crippen LogP contribution is -2.51. The van der Waals surface area contributed by atoms with Gasteiger partial charge >= 0.3 is 0 Å². The lowest BCUT2D eigenvalue weighted by Gasteiger charge is -2.36. The van der Waals surface area contributed by atoms with Crippen LogP contribution < -0.4 is 9.47 Å². The first-order valence-corrected chi connectivity index (χ1v) is 10.8. The number of rotatable bonds is 3. The van der Waals surface area contributed by atoms with E-state index in [4.69, 9.17) is 14.5 Å². The third-order valence-electron chi connectivity index (χ3n) is 5.87. The van der Waals surface area contributed by atoms with Crippen molar-refractivity contribution in [1.82, 2.24) is 9.80 Å². The molecule has 162 valence electrons. The van der Waals surface area contributed by atoms with Gasteiger partial charge in [-0.1, -0.05) is 42.5 Å². The molecule has 0 saturated carbocycles. The second-order valence-corrected chi connectivity index (χ2v) is 7.90. The molecule has 3 aromatic carbocycles. The van der Waals surface area contributed by atoms with Crippen LogP contribution in [0.5, 0.6) is 17.2 Å². The van der Waals surface area contributed by atoms with Crippen LogP contribution in [0.1, 0.15) is 11.1 Å². The summed E-state index contributed by atoms with van der Waals surface area (Å²) >= 11 is 0. The van der Waals surface area contributed by atoms with Crippen LogP contribution in [0.3, 0.4) is 0 Å². The van der Waals surface area contributed by atoms with Gasteiger partial charge in [0.1, 0.15) is 23.0 Å². The zero-order chi connectivity index (χ0) is 21.9. The summed E-state index contributed by atoms with van der Waals surface area (Å²) in [5.41, 5.74) is 2.76. The third kappa shape index (κ3) is 4.04. The number of amides is 1. The van der Waals surface area contributed by atoms with E-state index < -0.39 is 0 Å². The van der Waals surface area contributed by atoms with Crippen molar-refractivity contribution in [2.24, 2.45) is 4.99 Å². The van der Waals surface area contributed by atoms with E-state index >= 15 is 0 Å². The number of carbonyl (C=O) groups excluding carboxylic acids is 1. The summed E-state index contributed by atoms with van der Waals surface area (Å²) in [6.07, 6.45) is 0.436. The van der Waals surface area contributed by atoms with Gasteiger partial charge < -0.3 is 19.3 Å². The van der Waals surface area contributed by atoms with Gasteiger partial charge in [0.15, 0.2) is 5.75 Å². The van der Waals surface area contributed by atoms with Crippen LogP contribution in [0.2, 0.25) is 0 Å². The van der Waals surface area contributed by atoms with Crippen molar-refractivity contribution in [2.45, 2.75) is 6.42 Å². The highest BCUT2D eigenvalue weighted by molar-refractivity contribution is 6.04. The molecular weight excluding hydrogens is 402 g/mol. The molecule has 2 heterocycles. The summed E-state index contributed by atoms with van der Waals surface area (Å²) in [7, 11) is 1.65. The quantitative estimate of drug-likeness (QED) is 0.627. The van der Waals surface area contributed by atoms with Crippen LogP contribution in [-0.2, 0) is 11.2 Å². The minimum Gasteiger partial charge on any atom is -0.497 e. The van der Waals surface area contributed by atoms with E-state index in [9.17, 15) is 4.79 Å². The number of para-hydroxylation sites is 2. The molecule has 3 aromatic rings. The highest BCUT2D eigenvalue weighted by Gasteiger charge is 2.27. The smallest absolute Gasteiger partial charge is 0.227 e. The Bertz CT molecular complexity index is 1150. The molecule has 0 aliphatic carbocycles. The first kappa shape index (κ1) is 20.1. The van der Waals surface area contributed by atoms with Crippen LogP contribution in [0.15, 0.2) is 77.8 Å². The van der Waals surface area contributed by atoms with Gasteiger partial charge in [-0.25, -0.2) is 4.99 Å². The van der Waals surface area contributed by atoms with Gasteiger partial charge in [-0.2, -0.15) is 0 Å². The monoisotopic (exact) mass is 427 g/mol. The predicted molar refractivity (Wildman–Crippen MR) is 124 cm³/mol. The maximum atomic E-state index is 12.8. The van der Waals surface area contributed by atoms with Crippen molar-refractivity contribution >= 4 is 17.4 Å². The molecule has 1 fully saturated rings. The highest BCUT2D eigenvalue weighted by atomic mass is 16.5. The number of amidine groups is 1. The van der Waals surface area contributed by atoms with Gasteiger partial charge in [0.2, 0.25) is 5.91 Å². The Morgan fingerprint density at radius 1 is 0.938 bits per heavy atom. The largest absolute Gasteiger partial charge is 0.497 e. The number of piperazine rings is 1. The van der Waals surface area contributed by atoms with E-state index in [2.05, 4.69) is 4.90 Å². The number of carbonyl (C=O) groups is 1. The van der Waals surface area contributed by atoms with E-state index in [1.54, 1.807) is 7.11 Å². The molecule has 0 spiro atoms. The Hall–Kier alpha value is -3.80. The molecule has 6 heteroatoms.